The first kappa shape index (κ1) is 28.2. The molecule has 0 bridgehead atoms. The Morgan fingerprint density at radius 3 is 1.76 bits per heavy atom. The molecule has 0 aliphatic heterocycles. The molecule has 11 rings (SSSR count). The molecule has 2 aromatic heterocycles. The van der Waals surface area contributed by atoms with Gasteiger partial charge in [-0.2, -0.15) is 0 Å². The third-order valence-electron chi connectivity index (χ3n) is 11.0. The minimum absolute atomic E-state index is 0.971. The van der Waals surface area contributed by atoms with Crippen LogP contribution in [0.4, 0.5) is 0 Å². The van der Waals surface area contributed by atoms with Crippen LogP contribution in [-0.4, -0.2) is 9.13 Å². The van der Waals surface area contributed by atoms with Crippen LogP contribution < -0.4 is 0 Å². The normalized spacial score (nSPS) is 12.2. The summed E-state index contributed by atoms with van der Waals surface area (Å²) in [5.74, 6) is 0. The van der Waals surface area contributed by atoms with Gasteiger partial charge >= 0.3 is 0 Å². The zero-order valence-corrected chi connectivity index (χ0v) is 27.9. The number of hydrogen-bond donors (Lipinski definition) is 0. The van der Waals surface area contributed by atoms with Crippen LogP contribution in [-0.2, 0) is 6.42 Å². The average Bonchev–Trinajstić information content (AvgIpc) is 3.85. The van der Waals surface area contributed by atoms with Crippen molar-refractivity contribution in [2.75, 3.05) is 0 Å². The predicted molar refractivity (Wildman–Crippen MR) is 214 cm³/mol. The van der Waals surface area contributed by atoms with Gasteiger partial charge in [0, 0.05) is 32.9 Å². The van der Waals surface area contributed by atoms with Crippen LogP contribution in [0.5, 0.6) is 0 Å². The van der Waals surface area contributed by atoms with Gasteiger partial charge in [-0.15, -0.1) is 0 Å². The molecule has 8 aromatic carbocycles. The summed E-state index contributed by atoms with van der Waals surface area (Å²) in [5, 5.41) is 5.05. The van der Waals surface area contributed by atoms with Crippen molar-refractivity contribution in [1.29, 1.82) is 0 Å². The Balaban J connectivity index is 1.08. The SMILES string of the molecule is c1ccc(-n2c3ccccc3c3cc(-c4ccc5c6ccccc6n(-c6cccc(-c7cccc8c7Cc7ccccc7-8)c6)c5c4)ccc32)cc1. The van der Waals surface area contributed by atoms with E-state index in [4.69, 9.17) is 0 Å². The number of nitrogens with zero attached hydrogens (tertiary/aromatic N) is 2. The first-order valence-electron chi connectivity index (χ1n) is 17.7. The van der Waals surface area contributed by atoms with Crippen molar-refractivity contribution in [1.82, 2.24) is 9.13 Å². The fourth-order valence-electron chi connectivity index (χ4n) is 8.68. The number of hydrogen-bond acceptors (Lipinski definition) is 0. The lowest BCUT2D eigenvalue weighted by atomic mass is 9.95. The Morgan fingerprint density at radius 1 is 0.314 bits per heavy atom. The van der Waals surface area contributed by atoms with Crippen LogP contribution in [0.2, 0.25) is 0 Å². The summed E-state index contributed by atoms with van der Waals surface area (Å²) in [6.45, 7) is 0. The summed E-state index contributed by atoms with van der Waals surface area (Å²) in [4.78, 5) is 0. The van der Waals surface area contributed by atoms with E-state index in [1.54, 1.807) is 0 Å². The lowest BCUT2D eigenvalue weighted by Gasteiger charge is -2.13. The number of para-hydroxylation sites is 3. The molecule has 0 saturated heterocycles. The van der Waals surface area contributed by atoms with Crippen LogP contribution in [0.25, 0.3) is 88.4 Å². The molecule has 0 fully saturated rings. The Bertz CT molecular complexity index is 2990. The summed E-state index contributed by atoms with van der Waals surface area (Å²) >= 11 is 0. The van der Waals surface area contributed by atoms with E-state index in [2.05, 4.69) is 191 Å². The van der Waals surface area contributed by atoms with E-state index in [0.29, 0.717) is 0 Å². The highest BCUT2D eigenvalue weighted by Crippen LogP contribution is 2.43. The van der Waals surface area contributed by atoms with E-state index in [0.717, 1.165) is 6.42 Å². The second-order valence-corrected chi connectivity index (χ2v) is 13.7. The highest BCUT2D eigenvalue weighted by Gasteiger charge is 2.22. The molecule has 0 radical (unpaired) electrons. The van der Waals surface area contributed by atoms with Crippen molar-refractivity contribution in [3.05, 3.63) is 193 Å². The molecule has 238 valence electrons. The van der Waals surface area contributed by atoms with E-state index in [1.165, 1.54) is 99.5 Å². The van der Waals surface area contributed by atoms with Gasteiger partial charge in [-0.25, -0.2) is 0 Å². The van der Waals surface area contributed by atoms with Gasteiger partial charge in [0.15, 0.2) is 0 Å². The Labute approximate surface area is 296 Å². The smallest absolute Gasteiger partial charge is 0.0547 e. The van der Waals surface area contributed by atoms with Crippen molar-refractivity contribution in [3.63, 3.8) is 0 Å². The van der Waals surface area contributed by atoms with E-state index in [-0.39, 0.29) is 0 Å². The highest BCUT2D eigenvalue weighted by molar-refractivity contribution is 6.12. The van der Waals surface area contributed by atoms with Crippen molar-refractivity contribution in [2.24, 2.45) is 0 Å². The van der Waals surface area contributed by atoms with Crippen LogP contribution in [0.3, 0.4) is 0 Å². The van der Waals surface area contributed by atoms with Crippen LogP contribution in [0, 0.1) is 0 Å². The van der Waals surface area contributed by atoms with Gasteiger partial charge < -0.3 is 9.13 Å². The minimum atomic E-state index is 0.971. The molecular weight excluding hydrogens is 617 g/mol. The molecule has 0 spiro atoms. The van der Waals surface area contributed by atoms with Crippen molar-refractivity contribution in [2.45, 2.75) is 6.42 Å². The Morgan fingerprint density at radius 2 is 0.902 bits per heavy atom. The van der Waals surface area contributed by atoms with E-state index in [9.17, 15) is 0 Å². The van der Waals surface area contributed by atoms with Gasteiger partial charge in [-0.3, -0.25) is 0 Å². The number of benzene rings is 8. The monoisotopic (exact) mass is 648 g/mol. The number of fused-ring (bicyclic) bond motifs is 9. The molecule has 1 aliphatic carbocycles. The Kier molecular flexibility index (Phi) is 6.05. The van der Waals surface area contributed by atoms with Gasteiger partial charge in [-0.05, 0) is 106 Å². The first-order chi connectivity index (χ1) is 25.3. The largest absolute Gasteiger partial charge is 0.309 e. The molecule has 0 saturated carbocycles. The Hall–Kier alpha value is -6.64. The molecular formula is C49H32N2. The fourth-order valence-corrected chi connectivity index (χ4v) is 8.68. The lowest BCUT2D eigenvalue weighted by Crippen LogP contribution is -1.95. The zero-order valence-electron chi connectivity index (χ0n) is 27.9. The van der Waals surface area contributed by atoms with Crippen molar-refractivity contribution < 1.29 is 0 Å². The molecule has 2 heteroatoms. The predicted octanol–water partition coefficient (Wildman–Crippen LogP) is 12.8. The summed E-state index contributed by atoms with van der Waals surface area (Å²) in [7, 11) is 0. The number of rotatable bonds is 4. The third-order valence-corrected chi connectivity index (χ3v) is 11.0. The standard InChI is InChI=1S/C49H32N2/c1-2-14-36(15-3-1)50-47-23-9-7-19-42(47)45-29-32(25-27-48(45)50)33-24-26-43-41-18-6-8-22-46(41)51(49(43)31-33)37-16-10-13-34(28-37)39-20-11-21-40-38-17-5-4-12-35(38)30-44(39)40/h1-29,31H,30H2. The molecule has 1 aliphatic rings. The van der Waals surface area contributed by atoms with Gasteiger partial charge in [0.05, 0.1) is 22.1 Å². The van der Waals surface area contributed by atoms with Crippen LogP contribution in [0.1, 0.15) is 11.1 Å². The van der Waals surface area contributed by atoms with Crippen LogP contribution in [0.15, 0.2) is 182 Å². The van der Waals surface area contributed by atoms with E-state index >= 15 is 0 Å². The van der Waals surface area contributed by atoms with Gasteiger partial charge in [0.2, 0.25) is 0 Å². The second kappa shape index (κ2) is 10.9. The van der Waals surface area contributed by atoms with Gasteiger partial charge in [0.1, 0.15) is 0 Å². The minimum Gasteiger partial charge on any atom is -0.309 e. The van der Waals surface area contributed by atoms with E-state index < -0.39 is 0 Å². The maximum absolute atomic E-state index is 2.45. The molecule has 0 amide bonds. The molecule has 10 aromatic rings. The van der Waals surface area contributed by atoms with Gasteiger partial charge in [-0.1, -0.05) is 127 Å². The highest BCUT2D eigenvalue weighted by atomic mass is 15.0. The summed E-state index contributed by atoms with van der Waals surface area (Å²) < 4.78 is 4.83. The van der Waals surface area contributed by atoms with Crippen molar-refractivity contribution in [3.8, 4) is 44.8 Å². The third kappa shape index (κ3) is 4.23. The molecule has 0 N–H and O–H groups in total. The topological polar surface area (TPSA) is 9.86 Å². The van der Waals surface area contributed by atoms with E-state index in [1.807, 2.05) is 0 Å². The lowest BCUT2D eigenvalue weighted by molar-refractivity contribution is 1.18. The second-order valence-electron chi connectivity index (χ2n) is 13.7. The maximum Gasteiger partial charge on any atom is 0.0547 e. The van der Waals surface area contributed by atoms with Crippen LogP contribution >= 0.6 is 0 Å². The molecule has 0 atom stereocenters. The number of aromatic nitrogens is 2. The molecule has 2 heterocycles. The first-order valence-corrected chi connectivity index (χ1v) is 17.7. The molecule has 51 heavy (non-hydrogen) atoms. The zero-order chi connectivity index (χ0) is 33.5. The average molecular weight is 649 g/mol. The summed E-state index contributed by atoms with van der Waals surface area (Å²) in [6.07, 6.45) is 0.971. The maximum atomic E-state index is 2.45. The van der Waals surface area contributed by atoms with Crippen molar-refractivity contribution >= 4 is 43.6 Å². The van der Waals surface area contributed by atoms with Gasteiger partial charge in [0.25, 0.3) is 0 Å². The molecule has 2 nitrogen and oxygen atoms in total. The molecule has 0 unspecified atom stereocenters. The summed E-state index contributed by atoms with van der Waals surface area (Å²) in [5.41, 5.74) is 17.8. The fraction of sp³-hybridized carbons (Fsp3) is 0.0204. The summed E-state index contributed by atoms with van der Waals surface area (Å²) in [6, 6.07) is 66.9. The quantitative estimate of drug-likeness (QED) is 0.180.